The van der Waals surface area contributed by atoms with Crippen LogP contribution in [0.1, 0.15) is 6.42 Å². The molecule has 0 spiro atoms. The zero-order valence-corrected chi connectivity index (χ0v) is 18.0. The maximum absolute atomic E-state index is 12.8. The molecule has 0 unspecified atom stereocenters. The van der Waals surface area contributed by atoms with E-state index in [0.717, 1.165) is 13.1 Å². The SMILES string of the molecule is COc1ccccc1S(=O)(=O)N[C@@H]1C=C[C@@H](CC(=O)N2CCN(C)CC2)O[C@H]1CO. The number of piperazine rings is 1. The van der Waals surface area contributed by atoms with Gasteiger partial charge in [-0.3, -0.25) is 4.79 Å². The van der Waals surface area contributed by atoms with Crippen LogP contribution in [0, 0.1) is 0 Å². The summed E-state index contributed by atoms with van der Waals surface area (Å²) in [5, 5.41) is 9.74. The third-order valence-electron chi connectivity index (χ3n) is 5.34. The van der Waals surface area contributed by atoms with E-state index in [2.05, 4.69) is 9.62 Å². The quantitative estimate of drug-likeness (QED) is 0.568. The van der Waals surface area contributed by atoms with E-state index in [9.17, 15) is 18.3 Å². The number of sulfonamides is 1. The van der Waals surface area contributed by atoms with Gasteiger partial charge in [0, 0.05) is 26.2 Å². The zero-order valence-electron chi connectivity index (χ0n) is 17.2. The molecule has 1 aromatic carbocycles. The van der Waals surface area contributed by atoms with Crippen LogP contribution in [0.5, 0.6) is 5.75 Å². The van der Waals surface area contributed by atoms with E-state index in [-0.39, 0.29) is 29.6 Å². The summed E-state index contributed by atoms with van der Waals surface area (Å²) in [4.78, 5) is 16.5. The number of carbonyl (C=O) groups is 1. The van der Waals surface area contributed by atoms with Crippen molar-refractivity contribution in [2.24, 2.45) is 0 Å². The van der Waals surface area contributed by atoms with Gasteiger partial charge in [-0.2, -0.15) is 0 Å². The van der Waals surface area contributed by atoms with Crippen LogP contribution in [0.4, 0.5) is 0 Å². The molecule has 0 aromatic heterocycles. The van der Waals surface area contributed by atoms with Crippen LogP contribution in [-0.4, -0.2) is 94.4 Å². The maximum Gasteiger partial charge on any atom is 0.244 e. The first kappa shape index (κ1) is 22.7. The molecule has 2 heterocycles. The third kappa shape index (κ3) is 5.38. The lowest BCUT2D eigenvalue weighted by molar-refractivity contribution is -0.136. The van der Waals surface area contributed by atoms with Crippen molar-refractivity contribution in [2.75, 3.05) is 46.9 Å². The highest BCUT2D eigenvalue weighted by Crippen LogP contribution is 2.24. The van der Waals surface area contributed by atoms with Crippen molar-refractivity contribution in [1.29, 1.82) is 0 Å². The lowest BCUT2D eigenvalue weighted by atomic mass is 10.1. The van der Waals surface area contributed by atoms with Gasteiger partial charge in [0.05, 0.1) is 32.3 Å². The maximum atomic E-state index is 12.8. The van der Waals surface area contributed by atoms with E-state index in [1.807, 2.05) is 11.9 Å². The number of nitrogens with zero attached hydrogens (tertiary/aromatic N) is 2. The number of benzene rings is 1. The van der Waals surface area contributed by atoms with E-state index in [4.69, 9.17) is 9.47 Å². The third-order valence-corrected chi connectivity index (χ3v) is 6.84. The Hall–Kier alpha value is -1.98. The molecule has 0 aliphatic carbocycles. The molecule has 1 saturated heterocycles. The second kappa shape index (κ2) is 9.88. The fourth-order valence-electron chi connectivity index (χ4n) is 3.55. The van der Waals surface area contributed by atoms with E-state index < -0.39 is 28.3 Å². The van der Waals surface area contributed by atoms with Gasteiger partial charge in [0.2, 0.25) is 15.9 Å². The van der Waals surface area contributed by atoms with E-state index in [1.54, 1.807) is 30.4 Å². The van der Waals surface area contributed by atoms with Crippen LogP contribution in [0.15, 0.2) is 41.3 Å². The number of likely N-dealkylation sites (N-methyl/N-ethyl adjacent to an activating group) is 1. The highest BCUT2D eigenvalue weighted by atomic mass is 32.2. The Labute approximate surface area is 177 Å². The second-order valence-corrected chi connectivity index (χ2v) is 9.15. The number of carbonyl (C=O) groups excluding carboxylic acids is 1. The van der Waals surface area contributed by atoms with Crippen molar-refractivity contribution in [3.05, 3.63) is 36.4 Å². The van der Waals surface area contributed by atoms with Crippen LogP contribution in [0.2, 0.25) is 0 Å². The zero-order chi connectivity index (χ0) is 21.7. The molecule has 10 heteroatoms. The van der Waals surface area contributed by atoms with Crippen molar-refractivity contribution in [3.63, 3.8) is 0 Å². The fourth-order valence-corrected chi connectivity index (χ4v) is 4.94. The average Bonchev–Trinajstić information content (AvgIpc) is 2.75. The number of aliphatic hydroxyl groups excluding tert-OH is 1. The molecule has 0 saturated carbocycles. The van der Waals surface area contributed by atoms with Crippen molar-refractivity contribution in [1.82, 2.24) is 14.5 Å². The summed E-state index contributed by atoms with van der Waals surface area (Å²) >= 11 is 0. The van der Waals surface area contributed by atoms with Crippen molar-refractivity contribution < 1.29 is 27.8 Å². The molecule has 1 amide bonds. The largest absolute Gasteiger partial charge is 0.495 e. The minimum atomic E-state index is -3.91. The van der Waals surface area contributed by atoms with Crippen molar-refractivity contribution >= 4 is 15.9 Å². The highest BCUT2D eigenvalue weighted by Gasteiger charge is 2.33. The standard InChI is InChI=1S/C20H29N3O6S/c1-22-9-11-23(12-10-22)20(25)13-15-7-8-16(18(14-24)29-15)21-30(26,27)19-6-4-3-5-17(19)28-2/h3-8,15-16,18,21,24H,9-14H2,1-2H3/t15-,16+,18-/m0/s1. The Morgan fingerprint density at radius 1 is 1.23 bits per heavy atom. The Balaban J connectivity index is 1.65. The fraction of sp³-hybridized carbons (Fsp3) is 0.550. The predicted molar refractivity (Wildman–Crippen MR) is 111 cm³/mol. The number of amides is 1. The Bertz CT molecular complexity index is 867. The van der Waals surface area contributed by atoms with Gasteiger partial charge in [-0.15, -0.1) is 0 Å². The van der Waals surface area contributed by atoms with Crippen LogP contribution in [0.3, 0.4) is 0 Å². The molecule has 3 atom stereocenters. The van der Waals surface area contributed by atoms with Gasteiger partial charge in [-0.1, -0.05) is 24.3 Å². The van der Waals surface area contributed by atoms with Gasteiger partial charge in [0.15, 0.2) is 0 Å². The minimum Gasteiger partial charge on any atom is -0.495 e. The number of methoxy groups -OCH3 is 1. The summed E-state index contributed by atoms with van der Waals surface area (Å²) in [7, 11) is -0.486. The molecular formula is C20H29N3O6S. The number of para-hydroxylation sites is 1. The predicted octanol–water partition coefficient (Wildman–Crippen LogP) is -0.178. The van der Waals surface area contributed by atoms with Crippen molar-refractivity contribution in [3.8, 4) is 5.75 Å². The molecule has 1 aromatic rings. The molecular weight excluding hydrogens is 410 g/mol. The highest BCUT2D eigenvalue weighted by molar-refractivity contribution is 7.89. The van der Waals surface area contributed by atoms with Gasteiger partial charge in [0.25, 0.3) is 0 Å². The number of ether oxygens (including phenoxy) is 2. The first-order valence-corrected chi connectivity index (χ1v) is 11.4. The summed E-state index contributed by atoms with van der Waals surface area (Å²) in [6.07, 6.45) is 2.16. The summed E-state index contributed by atoms with van der Waals surface area (Å²) < 4.78 is 39.1. The van der Waals surface area contributed by atoms with Crippen LogP contribution >= 0.6 is 0 Å². The smallest absolute Gasteiger partial charge is 0.244 e. The topological polar surface area (TPSA) is 108 Å². The molecule has 9 nitrogen and oxygen atoms in total. The average molecular weight is 440 g/mol. The molecule has 2 aliphatic heterocycles. The lowest BCUT2D eigenvalue weighted by Crippen LogP contribution is -2.50. The molecule has 30 heavy (non-hydrogen) atoms. The number of aliphatic hydroxyl groups is 1. The number of hydrogen-bond acceptors (Lipinski definition) is 7. The number of rotatable bonds is 7. The van der Waals surface area contributed by atoms with E-state index in [1.165, 1.54) is 13.2 Å². The molecule has 1 fully saturated rings. The Morgan fingerprint density at radius 3 is 2.60 bits per heavy atom. The van der Waals surface area contributed by atoms with Crippen LogP contribution in [-0.2, 0) is 19.6 Å². The van der Waals surface area contributed by atoms with Crippen LogP contribution < -0.4 is 9.46 Å². The second-order valence-electron chi connectivity index (χ2n) is 7.47. The normalized spacial score (nSPS) is 25.3. The van der Waals surface area contributed by atoms with Gasteiger partial charge < -0.3 is 24.4 Å². The van der Waals surface area contributed by atoms with Gasteiger partial charge in [-0.05, 0) is 19.2 Å². The van der Waals surface area contributed by atoms with Gasteiger partial charge in [0.1, 0.15) is 16.7 Å². The first-order valence-electron chi connectivity index (χ1n) is 9.90. The Kier molecular flexibility index (Phi) is 7.48. The summed E-state index contributed by atoms with van der Waals surface area (Å²) in [5.74, 6) is 0.212. The first-order chi connectivity index (χ1) is 14.3. The van der Waals surface area contributed by atoms with E-state index in [0.29, 0.717) is 13.1 Å². The molecule has 2 N–H and O–H groups in total. The summed E-state index contributed by atoms with van der Waals surface area (Å²) in [6, 6.07) is 5.53. The summed E-state index contributed by atoms with van der Waals surface area (Å²) in [5.41, 5.74) is 0. The van der Waals surface area contributed by atoms with Crippen LogP contribution in [0.25, 0.3) is 0 Å². The lowest BCUT2D eigenvalue weighted by Gasteiger charge is -2.35. The van der Waals surface area contributed by atoms with Gasteiger partial charge >= 0.3 is 0 Å². The van der Waals surface area contributed by atoms with Gasteiger partial charge in [-0.25, -0.2) is 13.1 Å². The number of nitrogens with one attached hydrogen (secondary N) is 1. The Morgan fingerprint density at radius 2 is 1.93 bits per heavy atom. The van der Waals surface area contributed by atoms with E-state index >= 15 is 0 Å². The molecule has 0 radical (unpaired) electrons. The minimum absolute atomic E-state index is 0.00459. The summed E-state index contributed by atoms with van der Waals surface area (Å²) in [6.45, 7) is 2.63. The molecule has 2 aliphatic rings. The monoisotopic (exact) mass is 439 g/mol. The van der Waals surface area contributed by atoms with Crippen molar-refractivity contribution in [2.45, 2.75) is 29.6 Å². The number of hydrogen-bond donors (Lipinski definition) is 2. The molecule has 3 rings (SSSR count). The molecule has 0 bridgehead atoms. The molecule has 166 valence electrons.